The molecule has 2 aliphatic rings. The maximum atomic E-state index is 11.3. The minimum atomic E-state index is -3.33. The van der Waals surface area contributed by atoms with Gasteiger partial charge in [0, 0.05) is 13.1 Å². The normalized spacial score (nSPS) is 23.7. The van der Waals surface area contributed by atoms with Crippen LogP contribution in [0.3, 0.4) is 0 Å². The molecule has 0 aromatic rings. The Bertz CT molecular complexity index is 317. The molecule has 0 aromatic heterocycles. The Kier molecular flexibility index (Phi) is 2.03. The average Bonchev–Trinajstić information content (AvgIpc) is 2.58. The van der Waals surface area contributed by atoms with Crippen LogP contribution >= 0.6 is 0 Å². The molecule has 0 bridgehead atoms. The third-order valence-corrected chi connectivity index (χ3v) is 4.19. The highest BCUT2D eigenvalue weighted by atomic mass is 32.2. The number of rotatable bonds is 3. The fraction of sp³-hybridized carbons (Fsp3) is 0.857. The van der Waals surface area contributed by atoms with Crippen LogP contribution in [0.1, 0.15) is 12.8 Å². The topological polar surface area (TPSA) is 75.3 Å². The third-order valence-electron chi connectivity index (χ3n) is 2.36. The molecule has 5 nitrogen and oxygen atoms in total. The van der Waals surface area contributed by atoms with E-state index in [1.54, 1.807) is 0 Å². The molecule has 2 N–H and O–H groups in total. The molecule has 1 amide bonds. The van der Waals surface area contributed by atoms with Crippen LogP contribution in [0.4, 0.5) is 0 Å². The van der Waals surface area contributed by atoms with Gasteiger partial charge in [0.2, 0.25) is 15.9 Å². The largest absolute Gasteiger partial charge is 0.315 e. The summed E-state index contributed by atoms with van der Waals surface area (Å²) in [5, 5.41) is 2.60. The number of carbonyl (C=O) groups excluding carboxylic acids is 1. The molecule has 0 atom stereocenters. The van der Waals surface area contributed by atoms with Gasteiger partial charge in [0.05, 0.1) is 11.2 Å². The third kappa shape index (κ3) is 1.83. The Morgan fingerprint density at radius 1 is 1.31 bits per heavy atom. The van der Waals surface area contributed by atoms with E-state index < -0.39 is 10.0 Å². The lowest BCUT2D eigenvalue weighted by Crippen LogP contribution is -2.52. The fourth-order valence-corrected chi connectivity index (χ4v) is 2.53. The van der Waals surface area contributed by atoms with Crippen molar-refractivity contribution in [2.75, 3.05) is 13.1 Å². The summed E-state index contributed by atoms with van der Waals surface area (Å²) in [5.41, 5.74) is 0. The van der Waals surface area contributed by atoms with E-state index in [9.17, 15) is 13.2 Å². The van der Waals surface area contributed by atoms with Crippen LogP contribution in [0.15, 0.2) is 0 Å². The lowest BCUT2D eigenvalue weighted by Gasteiger charge is -2.25. The molecule has 6 heteroatoms. The summed E-state index contributed by atoms with van der Waals surface area (Å²) in [5.74, 6) is -0.515. The first kappa shape index (κ1) is 8.96. The molecule has 74 valence electrons. The quantitative estimate of drug-likeness (QED) is 0.606. The van der Waals surface area contributed by atoms with Crippen LogP contribution in [0, 0.1) is 5.92 Å². The van der Waals surface area contributed by atoms with Crippen LogP contribution in [0.2, 0.25) is 0 Å². The molecular formula is C7H12N2O3S. The van der Waals surface area contributed by atoms with Crippen molar-refractivity contribution in [2.24, 2.45) is 5.92 Å². The first-order chi connectivity index (χ1) is 6.09. The molecule has 1 saturated heterocycles. The van der Waals surface area contributed by atoms with Gasteiger partial charge in [0.25, 0.3) is 0 Å². The molecule has 1 aliphatic heterocycles. The van der Waals surface area contributed by atoms with Crippen molar-refractivity contribution >= 4 is 15.9 Å². The van der Waals surface area contributed by atoms with Crippen LogP contribution in [0.25, 0.3) is 0 Å². The molecule has 13 heavy (non-hydrogen) atoms. The Labute approximate surface area is 76.9 Å². The summed E-state index contributed by atoms with van der Waals surface area (Å²) >= 11 is 0. The second-order valence-electron chi connectivity index (χ2n) is 3.57. The monoisotopic (exact) mass is 204 g/mol. The summed E-state index contributed by atoms with van der Waals surface area (Å²) < 4.78 is 24.7. The number of amides is 1. The van der Waals surface area contributed by atoms with Gasteiger partial charge in [-0.2, -0.15) is 0 Å². The number of carbonyl (C=O) groups is 1. The van der Waals surface area contributed by atoms with Crippen LogP contribution in [-0.4, -0.2) is 32.7 Å². The molecule has 1 heterocycles. The minimum absolute atomic E-state index is 0.159. The smallest absolute Gasteiger partial charge is 0.239 e. The zero-order chi connectivity index (χ0) is 9.47. The lowest BCUT2D eigenvalue weighted by atomic mass is 10.0. The second kappa shape index (κ2) is 2.95. The molecule has 2 rings (SSSR count). The zero-order valence-corrected chi connectivity index (χ0v) is 7.93. The van der Waals surface area contributed by atoms with Crippen molar-refractivity contribution in [1.29, 1.82) is 0 Å². The molecule has 1 saturated carbocycles. The van der Waals surface area contributed by atoms with Gasteiger partial charge in [-0.15, -0.1) is 0 Å². The van der Waals surface area contributed by atoms with Crippen molar-refractivity contribution in [2.45, 2.75) is 18.1 Å². The number of sulfonamides is 1. The van der Waals surface area contributed by atoms with Crippen molar-refractivity contribution in [3.05, 3.63) is 0 Å². The van der Waals surface area contributed by atoms with Crippen molar-refractivity contribution in [3.8, 4) is 0 Å². The van der Waals surface area contributed by atoms with E-state index in [4.69, 9.17) is 0 Å². The zero-order valence-electron chi connectivity index (χ0n) is 7.12. The molecule has 0 spiro atoms. The predicted molar refractivity (Wildman–Crippen MR) is 46.4 cm³/mol. The van der Waals surface area contributed by atoms with Gasteiger partial charge in [-0.3, -0.25) is 9.52 Å². The van der Waals surface area contributed by atoms with Gasteiger partial charge in [0.15, 0.2) is 0 Å². The van der Waals surface area contributed by atoms with E-state index in [2.05, 4.69) is 10.0 Å². The van der Waals surface area contributed by atoms with Gasteiger partial charge < -0.3 is 5.32 Å². The Morgan fingerprint density at radius 2 is 1.92 bits per heavy atom. The van der Waals surface area contributed by atoms with E-state index in [-0.39, 0.29) is 17.1 Å². The van der Waals surface area contributed by atoms with E-state index in [0.29, 0.717) is 25.9 Å². The Hall–Kier alpha value is -0.620. The van der Waals surface area contributed by atoms with E-state index in [1.807, 2.05) is 0 Å². The first-order valence-electron chi connectivity index (χ1n) is 4.36. The van der Waals surface area contributed by atoms with Crippen LogP contribution < -0.4 is 10.0 Å². The lowest BCUT2D eigenvalue weighted by molar-refractivity contribution is -0.124. The summed E-state index contributed by atoms with van der Waals surface area (Å²) in [6.07, 6.45) is 1.37. The SMILES string of the molecule is O=C(NS(=O)(=O)C1CC1)C1CNC1. The van der Waals surface area contributed by atoms with Gasteiger partial charge >= 0.3 is 0 Å². The maximum Gasteiger partial charge on any atom is 0.239 e. The average molecular weight is 204 g/mol. The molecule has 1 aliphatic carbocycles. The van der Waals surface area contributed by atoms with Gasteiger partial charge in [0.1, 0.15) is 0 Å². The summed E-state index contributed by atoms with van der Waals surface area (Å²) in [6, 6.07) is 0. The highest BCUT2D eigenvalue weighted by Gasteiger charge is 2.38. The number of nitrogens with one attached hydrogen (secondary N) is 2. The highest BCUT2D eigenvalue weighted by molar-refractivity contribution is 7.90. The minimum Gasteiger partial charge on any atom is -0.315 e. The van der Waals surface area contributed by atoms with Crippen molar-refractivity contribution in [3.63, 3.8) is 0 Å². The van der Waals surface area contributed by atoms with Gasteiger partial charge in [-0.05, 0) is 12.8 Å². The van der Waals surface area contributed by atoms with Gasteiger partial charge in [-0.25, -0.2) is 8.42 Å². The maximum absolute atomic E-state index is 11.3. The molecule has 0 unspecified atom stereocenters. The molecule has 0 aromatic carbocycles. The second-order valence-corrected chi connectivity index (χ2v) is 5.53. The van der Waals surface area contributed by atoms with E-state index in [1.165, 1.54) is 0 Å². The molecule has 2 fully saturated rings. The van der Waals surface area contributed by atoms with Crippen LogP contribution in [-0.2, 0) is 14.8 Å². The number of hydrogen-bond donors (Lipinski definition) is 2. The molecule has 0 radical (unpaired) electrons. The predicted octanol–water partition coefficient (Wildman–Crippen LogP) is -1.19. The summed E-state index contributed by atoms with van der Waals surface area (Å²) in [7, 11) is -3.33. The van der Waals surface area contributed by atoms with Crippen molar-refractivity contribution < 1.29 is 13.2 Å². The number of hydrogen-bond acceptors (Lipinski definition) is 4. The van der Waals surface area contributed by atoms with E-state index in [0.717, 1.165) is 0 Å². The van der Waals surface area contributed by atoms with E-state index >= 15 is 0 Å². The molecular weight excluding hydrogens is 192 g/mol. The Balaban J connectivity index is 1.92. The van der Waals surface area contributed by atoms with Gasteiger partial charge in [-0.1, -0.05) is 0 Å². The first-order valence-corrected chi connectivity index (χ1v) is 5.90. The highest BCUT2D eigenvalue weighted by Crippen LogP contribution is 2.27. The Morgan fingerprint density at radius 3 is 2.31 bits per heavy atom. The van der Waals surface area contributed by atoms with Crippen LogP contribution in [0.5, 0.6) is 0 Å². The van der Waals surface area contributed by atoms with Crippen molar-refractivity contribution in [1.82, 2.24) is 10.0 Å². The summed E-state index contributed by atoms with van der Waals surface area (Å²) in [6.45, 7) is 1.18. The standard InChI is InChI=1S/C7H12N2O3S/c10-7(5-3-8-4-5)9-13(11,12)6-1-2-6/h5-6,8H,1-4H2,(H,9,10). The summed E-state index contributed by atoms with van der Waals surface area (Å²) in [4.78, 5) is 11.2. The fourth-order valence-electron chi connectivity index (χ4n) is 1.16.